The number of rotatable bonds is 8. The normalized spacial score (nSPS) is 18.1. The molecule has 2 fully saturated rings. The summed E-state index contributed by atoms with van der Waals surface area (Å²) in [6.07, 6.45) is 7.49. The van der Waals surface area contributed by atoms with Crippen molar-refractivity contribution in [2.75, 3.05) is 19.7 Å². The summed E-state index contributed by atoms with van der Waals surface area (Å²) in [6.45, 7) is 7.81. The van der Waals surface area contributed by atoms with Gasteiger partial charge in [-0.3, -0.25) is 4.79 Å². The molecule has 45 heavy (non-hydrogen) atoms. The molecule has 2 aliphatic carbocycles. The fraction of sp³-hybridized carbons (Fsp3) is 0.405. The highest BCUT2D eigenvalue weighted by molar-refractivity contribution is 5.90. The summed E-state index contributed by atoms with van der Waals surface area (Å²) >= 11 is 0. The highest BCUT2D eigenvalue weighted by atomic mass is 16.5. The zero-order valence-corrected chi connectivity index (χ0v) is 26.3. The minimum Gasteiger partial charge on any atom is -0.485 e. The van der Waals surface area contributed by atoms with E-state index in [-0.39, 0.29) is 12.1 Å². The number of nitrogens with zero attached hydrogens (tertiary/aromatic N) is 4. The second kappa shape index (κ2) is 12.1. The highest BCUT2D eigenvalue weighted by Gasteiger charge is 2.35. The summed E-state index contributed by atoms with van der Waals surface area (Å²) in [5.41, 5.74) is 7.96. The standard InChI is InChI=1S/C37H40N4O4/c1-4-44-37(43)30-22-38-41(24(30)3)34-10-6-9-31(39-34)29-8-5-7-26-13-16-33(35(26)29)45-32-15-14-28(21-23(32)2)25-17-19-40(20-18-25)36(42)27-11-12-27/h5-10,14-15,21-22,25,27,33H,4,11-13,16-20H2,1-3H3. The van der Waals surface area contributed by atoms with Gasteiger partial charge in [-0.05, 0) is 100 Å². The van der Waals surface area contributed by atoms with Gasteiger partial charge in [-0.15, -0.1) is 0 Å². The lowest BCUT2D eigenvalue weighted by Crippen LogP contribution is -2.38. The number of amides is 1. The van der Waals surface area contributed by atoms with Crippen molar-refractivity contribution in [2.45, 2.75) is 71.3 Å². The van der Waals surface area contributed by atoms with Crippen LogP contribution in [0.3, 0.4) is 0 Å². The first-order valence-corrected chi connectivity index (χ1v) is 16.3. The Morgan fingerprint density at radius 3 is 2.51 bits per heavy atom. The molecule has 4 aromatic rings. The van der Waals surface area contributed by atoms with Gasteiger partial charge in [0.1, 0.15) is 17.4 Å². The highest BCUT2D eigenvalue weighted by Crippen LogP contribution is 2.42. The molecule has 1 atom stereocenters. The summed E-state index contributed by atoms with van der Waals surface area (Å²) in [5, 5.41) is 4.45. The van der Waals surface area contributed by atoms with Crippen molar-refractivity contribution < 1.29 is 19.1 Å². The predicted octanol–water partition coefficient (Wildman–Crippen LogP) is 6.91. The lowest BCUT2D eigenvalue weighted by atomic mass is 9.88. The average Bonchev–Trinajstić information content (AvgIpc) is 3.72. The molecule has 1 amide bonds. The summed E-state index contributed by atoms with van der Waals surface area (Å²) in [4.78, 5) is 31.9. The topological polar surface area (TPSA) is 86.5 Å². The van der Waals surface area contributed by atoms with Gasteiger partial charge in [0.15, 0.2) is 5.82 Å². The van der Waals surface area contributed by atoms with E-state index < -0.39 is 0 Å². The Hall–Kier alpha value is -4.46. The number of carbonyl (C=O) groups is 2. The number of fused-ring (bicyclic) bond motifs is 1. The van der Waals surface area contributed by atoms with E-state index in [2.05, 4.69) is 53.3 Å². The van der Waals surface area contributed by atoms with Crippen LogP contribution in [0.2, 0.25) is 0 Å². The van der Waals surface area contributed by atoms with E-state index in [1.807, 2.05) is 25.1 Å². The molecule has 8 heteroatoms. The van der Waals surface area contributed by atoms with E-state index in [0.717, 1.165) is 74.2 Å². The third-order valence-corrected chi connectivity index (χ3v) is 9.60. The van der Waals surface area contributed by atoms with E-state index >= 15 is 0 Å². The van der Waals surface area contributed by atoms with E-state index in [1.165, 1.54) is 16.7 Å². The van der Waals surface area contributed by atoms with Crippen molar-refractivity contribution in [1.29, 1.82) is 0 Å². The molecule has 1 aliphatic heterocycles. The number of esters is 1. The van der Waals surface area contributed by atoms with Gasteiger partial charge in [-0.25, -0.2) is 14.5 Å². The number of pyridine rings is 1. The number of piperidine rings is 1. The number of benzene rings is 2. The van der Waals surface area contributed by atoms with Crippen molar-refractivity contribution in [3.05, 3.63) is 94.3 Å². The Kier molecular flexibility index (Phi) is 7.90. The Bertz CT molecular complexity index is 1750. The van der Waals surface area contributed by atoms with Crippen LogP contribution in [0.4, 0.5) is 0 Å². The van der Waals surface area contributed by atoms with Gasteiger partial charge in [0.2, 0.25) is 5.91 Å². The van der Waals surface area contributed by atoms with Gasteiger partial charge < -0.3 is 14.4 Å². The van der Waals surface area contributed by atoms with Crippen molar-refractivity contribution >= 4 is 11.9 Å². The van der Waals surface area contributed by atoms with Gasteiger partial charge in [-0.2, -0.15) is 5.10 Å². The molecule has 232 valence electrons. The molecule has 3 heterocycles. The third-order valence-electron chi connectivity index (χ3n) is 9.60. The van der Waals surface area contributed by atoms with Crippen molar-refractivity contribution in [1.82, 2.24) is 19.7 Å². The molecule has 0 bridgehead atoms. The Morgan fingerprint density at radius 2 is 1.76 bits per heavy atom. The first-order chi connectivity index (χ1) is 21.9. The van der Waals surface area contributed by atoms with Crippen LogP contribution in [0.25, 0.3) is 17.1 Å². The lowest BCUT2D eigenvalue weighted by Gasteiger charge is -2.32. The zero-order valence-electron chi connectivity index (χ0n) is 26.3. The number of likely N-dealkylation sites (tertiary alicyclic amines) is 1. The molecule has 3 aliphatic rings. The summed E-state index contributed by atoms with van der Waals surface area (Å²) in [6, 6.07) is 18.9. The molecule has 7 rings (SSSR count). The fourth-order valence-corrected chi connectivity index (χ4v) is 6.96. The molecule has 1 saturated heterocycles. The number of ether oxygens (including phenoxy) is 2. The van der Waals surface area contributed by atoms with E-state index in [9.17, 15) is 9.59 Å². The van der Waals surface area contributed by atoms with Crippen LogP contribution in [0.1, 0.15) is 89.4 Å². The predicted molar refractivity (Wildman–Crippen MR) is 172 cm³/mol. The van der Waals surface area contributed by atoms with Crippen molar-refractivity contribution in [2.24, 2.45) is 5.92 Å². The van der Waals surface area contributed by atoms with Gasteiger partial charge in [0.25, 0.3) is 0 Å². The van der Waals surface area contributed by atoms with Gasteiger partial charge in [0, 0.05) is 30.1 Å². The molecular formula is C37H40N4O4. The molecule has 1 saturated carbocycles. The number of aromatic nitrogens is 3. The SMILES string of the molecule is CCOC(=O)c1cnn(-c2cccc(-c3cccc4c3C(Oc3ccc(C5CCN(C(=O)C6CC6)CC5)cc3C)CC4)n2)c1C. The monoisotopic (exact) mass is 604 g/mol. The Balaban J connectivity index is 1.10. The number of aryl methyl sites for hydroxylation is 2. The van der Waals surface area contributed by atoms with Crippen LogP contribution in [0.15, 0.2) is 60.8 Å². The van der Waals surface area contributed by atoms with Crippen LogP contribution in [-0.4, -0.2) is 51.2 Å². The van der Waals surface area contributed by atoms with Crippen LogP contribution >= 0.6 is 0 Å². The van der Waals surface area contributed by atoms with Crippen LogP contribution in [-0.2, 0) is 16.0 Å². The Morgan fingerprint density at radius 1 is 0.956 bits per heavy atom. The van der Waals surface area contributed by atoms with Crippen molar-refractivity contribution in [3.63, 3.8) is 0 Å². The maximum atomic E-state index is 12.5. The van der Waals surface area contributed by atoms with Crippen LogP contribution in [0.5, 0.6) is 5.75 Å². The molecule has 8 nitrogen and oxygen atoms in total. The fourth-order valence-electron chi connectivity index (χ4n) is 6.96. The summed E-state index contributed by atoms with van der Waals surface area (Å²) in [5.74, 6) is 2.31. The second-order valence-electron chi connectivity index (χ2n) is 12.6. The largest absolute Gasteiger partial charge is 0.485 e. The number of hydrogen-bond acceptors (Lipinski definition) is 6. The van der Waals surface area contributed by atoms with Gasteiger partial charge in [0.05, 0.1) is 24.2 Å². The van der Waals surface area contributed by atoms with E-state index in [0.29, 0.717) is 41.4 Å². The molecule has 2 aromatic carbocycles. The first kappa shape index (κ1) is 29.3. The molecule has 2 aromatic heterocycles. The lowest BCUT2D eigenvalue weighted by molar-refractivity contribution is -0.133. The van der Waals surface area contributed by atoms with Gasteiger partial charge >= 0.3 is 5.97 Å². The number of hydrogen-bond donors (Lipinski definition) is 0. The minimum absolute atomic E-state index is 0.0789. The smallest absolute Gasteiger partial charge is 0.341 e. The van der Waals surface area contributed by atoms with Crippen LogP contribution < -0.4 is 4.74 Å². The summed E-state index contributed by atoms with van der Waals surface area (Å²) in [7, 11) is 0. The number of carbonyl (C=O) groups excluding carboxylic acids is 2. The molecule has 0 radical (unpaired) electrons. The van der Waals surface area contributed by atoms with Crippen LogP contribution in [0, 0.1) is 19.8 Å². The average molecular weight is 605 g/mol. The molecule has 0 spiro atoms. The molecule has 1 unspecified atom stereocenters. The van der Waals surface area contributed by atoms with E-state index in [1.54, 1.807) is 17.8 Å². The zero-order chi connectivity index (χ0) is 31.1. The minimum atomic E-state index is -0.382. The van der Waals surface area contributed by atoms with Gasteiger partial charge in [-0.1, -0.05) is 36.4 Å². The quantitative estimate of drug-likeness (QED) is 0.203. The maximum Gasteiger partial charge on any atom is 0.341 e. The molecular weight excluding hydrogens is 564 g/mol. The van der Waals surface area contributed by atoms with Crippen molar-refractivity contribution in [3.8, 4) is 22.8 Å². The van der Waals surface area contributed by atoms with E-state index in [4.69, 9.17) is 14.5 Å². The summed E-state index contributed by atoms with van der Waals surface area (Å²) < 4.78 is 13.6. The maximum absolute atomic E-state index is 12.5. The first-order valence-electron chi connectivity index (χ1n) is 16.3. The Labute approximate surface area is 264 Å². The third kappa shape index (κ3) is 5.74. The molecule has 0 N–H and O–H groups in total. The second-order valence-corrected chi connectivity index (χ2v) is 12.6.